The lowest BCUT2D eigenvalue weighted by Crippen LogP contribution is -2.05. The predicted octanol–water partition coefficient (Wildman–Crippen LogP) is 3.78. The largest absolute Gasteiger partial charge is 0.0797 e. The van der Waals surface area contributed by atoms with Crippen molar-refractivity contribution in [1.82, 2.24) is 0 Å². The molecule has 0 aromatic heterocycles. The van der Waals surface area contributed by atoms with E-state index in [1.165, 1.54) is 19.3 Å². The summed E-state index contributed by atoms with van der Waals surface area (Å²) in [4.78, 5) is 0. The molecule has 0 amide bonds. The Labute approximate surface area is 70.7 Å². The maximum absolute atomic E-state index is 2.46. The third kappa shape index (κ3) is 2.36. The first-order valence-corrected chi connectivity index (χ1v) is 4.71. The van der Waals surface area contributed by atoms with Crippen molar-refractivity contribution >= 4 is 0 Å². The van der Waals surface area contributed by atoms with Gasteiger partial charge in [0.2, 0.25) is 0 Å². The summed E-state index contributed by atoms with van der Waals surface area (Å²) in [5, 5.41) is 0. The van der Waals surface area contributed by atoms with Gasteiger partial charge in [0.15, 0.2) is 0 Å². The Kier molecular flexibility index (Phi) is 2.41. The first-order valence-electron chi connectivity index (χ1n) is 4.71. The predicted molar refractivity (Wildman–Crippen MR) is 50.6 cm³/mol. The Balaban J connectivity index is 2.77. The third-order valence-electron chi connectivity index (χ3n) is 2.85. The second kappa shape index (κ2) is 3.00. The first kappa shape index (κ1) is 8.83. The van der Waals surface area contributed by atoms with Gasteiger partial charge in [-0.2, -0.15) is 0 Å². The lowest BCUT2D eigenvalue weighted by molar-refractivity contribution is 0.419. The highest BCUT2D eigenvalue weighted by atomic mass is 14.3. The Morgan fingerprint density at radius 2 is 2.09 bits per heavy atom. The third-order valence-corrected chi connectivity index (χ3v) is 2.85. The lowest BCUT2D eigenvalue weighted by Gasteiger charge is -2.18. The van der Waals surface area contributed by atoms with Crippen molar-refractivity contribution in [3.63, 3.8) is 0 Å². The van der Waals surface area contributed by atoms with Crippen LogP contribution in [-0.2, 0) is 0 Å². The summed E-state index contributed by atoms with van der Waals surface area (Å²) in [5.41, 5.74) is 2.04. The van der Waals surface area contributed by atoms with Gasteiger partial charge in [-0.3, -0.25) is 0 Å². The van der Waals surface area contributed by atoms with E-state index in [-0.39, 0.29) is 0 Å². The Bertz CT molecular complexity index is 163. The molecule has 0 heterocycles. The van der Waals surface area contributed by atoms with Crippen LogP contribution in [0.5, 0.6) is 0 Å². The number of rotatable bonds is 0. The molecule has 1 unspecified atom stereocenters. The van der Waals surface area contributed by atoms with Gasteiger partial charge in [-0.1, -0.05) is 38.8 Å². The SMILES string of the molecule is CC1=CC(C)(C)CCCC1C. The monoisotopic (exact) mass is 152 g/mol. The molecular formula is C11H20. The highest BCUT2D eigenvalue weighted by Gasteiger charge is 2.20. The highest BCUT2D eigenvalue weighted by molar-refractivity contribution is 5.09. The molecule has 0 aliphatic heterocycles. The van der Waals surface area contributed by atoms with Crippen molar-refractivity contribution < 1.29 is 0 Å². The minimum Gasteiger partial charge on any atom is -0.0797 e. The molecule has 0 heteroatoms. The van der Waals surface area contributed by atoms with Gasteiger partial charge in [0, 0.05) is 0 Å². The van der Waals surface area contributed by atoms with Gasteiger partial charge >= 0.3 is 0 Å². The molecule has 0 aromatic carbocycles. The normalized spacial score (nSPS) is 30.9. The average molecular weight is 152 g/mol. The van der Waals surface area contributed by atoms with Crippen LogP contribution in [0.1, 0.15) is 47.0 Å². The Morgan fingerprint density at radius 1 is 1.45 bits per heavy atom. The number of hydrogen-bond acceptors (Lipinski definition) is 0. The molecule has 1 atom stereocenters. The van der Waals surface area contributed by atoms with E-state index in [0.717, 1.165) is 5.92 Å². The zero-order chi connectivity index (χ0) is 8.48. The summed E-state index contributed by atoms with van der Waals surface area (Å²) in [5.74, 6) is 0.816. The van der Waals surface area contributed by atoms with Crippen molar-refractivity contribution in [2.24, 2.45) is 11.3 Å². The average Bonchev–Trinajstić information content (AvgIpc) is 1.93. The second-order valence-corrected chi connectivity index (χ2v) is 4.67. The van der Waals surface area contributed by atoms with Gasteiger partial charge in [0.1, 0.15) is 0 Å². The number of allylic oxidation sites excluding steroid dienone is 2. The Morgan fingerprint density at radius 3 is 2.73 bits per heavy atom. The molecule has 64 valence electrons. The fraction of sp³-hybridized carbons (Fsp3) is 0.818. The smallest absolute Gasteiger partial charge is 0.0172 e. The number of hydrogen-bond donors (Lipinski definition) is 0. The molecule has 11 heavy (non-hydrogen) atoms. The van der Waals surface area contributed by atoms with Crippen molar-refractivity contribution in [2.45, 2.75) is 47.0 Å². The van der Waals surface area contributed by atoms with Crippen molar-refractivity contribution in [1.29, 1.82) is 0 Å². The zero-order valence-electron chi connectivity index (χ0n) is 8.28. The van der Waals surface area contributed by atoms with Crippen LogP contribution in [0, 0.1) is 11.3 Å². The molecule has 0 N–H and O–H groups in total. The van der Waals surface area contributed by atoms with Crippen LogP contribution in [0.25, 0.3) is 0 Å². The lowest BCUT2D eigenvalue weighted by atomic mass is 9.88. The van der Waals surface area contributed by atoms with Gasteiger partial charge in [-0.15, -0.1) is 0 Å². The summed E-state index contributed by atoms with van der Waals surface area (Å²) in [6.07, 6.45) is 6.59. The van der Waals surface area contributed by atoms with Gasteiger partial charge in [0.05, 0.1) is 0 Å². The van der Waals surface area contributed by atoms with Gasteiger partial charge in [-0.05, 0) is 31.1 Å². The fourth-order valence-corrected chi connectivity index (χ4v) is 1.92. The molecule has 1 aliphatic carbocycles. The molecular weight excluding hydrogens is 132 g/mol. The van der Waals surface area contributed by atoms with Crippen LogP contribution in [0.2, 0.25) is 0 Å². The van der Waals surface area contributed by atoms with Crippen LogP contribution in [0.4, 0.5) is 0 Å². The molecule has 1 aliphatic rings. The van der Waals surface area contributed by atoms with E-state index in [4.69, 9.17) is 0 Å². The molecule has 0 bridgehead atoms. The van der Waals surface area contributed by atoms with E-state index < -0.39 is 0 Å². The second-order valence-electron chi connectivity index (χ2n) is 4.67. The molecule has 0 nitrogen and oxygen atoms in total. The van der Waals surface area contributed by atoms with Gasteiger partial charge < -0.3 is 0 Å². The maximum atomic E-state index is 2.46. The van der Waals surface area contributed by atoms with Gasteiger partial charge in [-0.25, -0.2) is 0 Å². The van der Waals surface area contributed by atoms with E-state index in [0.29, 0.717) is 5.41 Å². The minimum atomic E-state index is 0.453. The quantitative estimate of drug-likeness (QED) is 0.463. The van der Waals surface area contributed by atoms with Gasteiger partial charge in [0.25, 0.3) is 0 Å². The molecule has 0 aromatic rings. The first-order chi connectivity index (χ1) is 5.01. The zero-order valence-corrected chi connectivity index (χ0v) is 8.28. The molecule has 0 radical (unpaired) electrons. The van der Waals surface area contributed by atoms with Crippen molar-refractivity contribution in [3.05, 3.63) is 11.6 Å². The topological polar surface area (TPSA) is 0 Å². The highest BCUT2D eigenvalue weighted by Crippen LogP contribution is 2.33. The van der Waals surface area contributed by atoms with Crippen LogP contribution in [0.3, 0.4) is 0 Å². The summed E-state index contributed by atoms with van der Waals surface area (Å²) in [7, 11) is 0. The molecule has 0 spiro atoms. The molecule has 0 saturated heterocycles. The van der Waals surface area contributed by atoms with Crippen LogP contribution < -0.4 is 0 Å². The van der Waals surface area contributed by atoms with E-state index in [9.17, 15) is 0 Å². The van der Waals surface area contributed by atoms with Crippen molar-refractivity contribution in [2.75, 3.05) is 0 Å². The van der Waals surface area contributed by atoms with E-state index in [2.05, 4.69) is 33.8 Å². The van der Waals surface area contributed by atoms with Crippen LogP contribution in [0.15, 0.2) is 11.6 Å². The maximum Gasteiger partial charge on any atom is -0.0172 e. The molecule has 1 rings (SSSR count). The summed E-state index contributed by atoms with van der Waals surface area (Å²) in [6.45, 7) is 9.30. The van der Waals surface area contributed by atoms with E-state index >= 15 is 0 Å². The summed E-state index contributed by atoms with van der Waals surface area (Å²) < 4.78 is 0. The summed E-state index contributed by atoms with van der Waals surface area (Å²) in [6, 6.07) is 0. The van der Waals surface area contributed by atoms with E-state index in [1.54, 1.807) is 5.57 Å². The van der Waals surface area contributed by atoms with E-state index in [1.807, 2.05) is 0 Å². The minimum absolute atomic E-state index is 0.453. The van der Waals surface area contributed by atoms with Crippen LogP contribution in [-0.4, -0.2) is 0 Å². The molecule has 0 saturated carbocycles. The molecule has 0 fully saturated rings. The van der Waals surface area contributed by atoms with Crippen molar-refractivity contribution in [3.8, 4) is 0 Å². The van der Waals surface area contributed by atoms with Crippen LogP contribution >= 0.6 is 0 Å². The standard InChI is InChI=1S/C11H20/c1-9-6-5-7-11(3,4)8-10(9)2/h8-9H,5-7H2,1-4H3. The Hall–Kier alpha value is -0.260. The fourth-order valence-electron chi connectivity index (χ4n) is 1.92. The summed E-state index contributed by atoms with van der Waals surface area (Å²) >= 11 is 0.